The molecular weight excluding hydrogens is 500 g/mol. The molecule has 0 aliphatic carbocycles. The van der Waals surface area contributed by atoms with E-state index in [9.17, 15) is 14.4 Å². The molecule has 0 radical (unpaired) electrons. The highest BCUT2D eigenvalue weighted by atomic mass is 32.2. The predicted molar refractivity (Wildman–Crippen MR) is 137 cm³/mol. The lowest BCUT2D eigenvalue weighted by molar-refractivity contribution is -0.118. The van der Waals surface area contributed by atoms with Crippen molar-refractivity contribution in [2.45, 2.75) is 11.7 Å². The molecule has 2 N–H and O–H groups in total. The Morgan fingerprint density at radius 3 is 2.57 bits per heavy atom. The molecule has 1 aliphatic rings. The number of nitrogens with one attached hydrogen (secondary N) is 2. The molecule has 12 heteroatoms. The average Bonchev–Trinajstić information content (AvgIpc) is 3.37. The molecule has 0 spiro atoms. The van der Waals surface area contributed by atoms with Crippen molar-refractivity contribution < 1.29 is 28.5 Å². The summed E-state index contributed by atoms with van der Waals surface area (Å²) in [5.41, 5.74) is 1.27. The van der Waals surface area contributed by atoms with Crippen LogP contribution in [0, 0.1) is 0 Å². The minimum absolute atomic E-state index is 0.0556. The second kappa shape index (κ2) is 12.6. The molecule has 11 nitrogen and oxygen atoms in total. The fraction of sp³-hybridized carbons (Fsp3) is 0.360. The molecule has 0 bridgehead atoms. The van der Waals surface area contributed by atoms with E-state index in [1.54, 1.807) is 38.5 Å². The van der Waals surface area contributed by atoms with Crippen molar-refractivity contribution in [1.82, 2.24) is 20.2 Å². The van der Waals surface area contributed by atoms with Crippen LogP contribution in [0.3, 0.4) is 0 Å². The summed E-state index contributed by atoms with van der Waals surface area (Å²) in [6.45, 7) is 1.88. The fourth-order valence-corrected chi connectivity index (χ4v) is 4.48. The number of methoxy groups -OCH3 is 2. The van der Waals surface area contributed by atoms with Gasteiger partial charge in [-0.2, -0.15) is 0 Å². The zero-order chi connectivity index (χ0) is 26.2. The van der Waals surface area contributed by atoms with Gasteiger partial charge in [0.2, 0.25) is 12.7 Å². The van der Waals surface area contributed by atoms with Gasteiger partial charge in [-0.1, -0.05) is 17.8 Å². The molecule has 1 aromatic heterocycles. The van der Waals surface area contributed by atoms with Crippen molar-refractivity contribution in [3.05, 3.63) is 57.9 Å². The minimum Gasteiger partial charge on any atom is -0.454 e. The number of nitrogens with zero attached hydrogens (tertiary/aromatic N) is 2. The Bertz CT molecular complexity index is 1340. The van der Waals surface area contributed by atoms with Crippen molar-refractivity contribution in [2.75, 3.05) is 53.1 Å². The number of amides is 2. The van der Waals surface area contributed by atoms with Gasteiger partial charge in [0.1, 0.15) is 0 Å². The van der Waals surface area contributed by atoms with Crippen LogP contribution in [0.2, 0.25) is 0 Å². The Labute approximate surface area is 217 Å². The third kappa shape index (κ3) is 6.59. The highest BCUT2D eigenvalue weighted by Gasteiger charge is 2.18. The first kappa shape index (κ1) is 26.5. The fourth-order valence-electron chi connectivity index (χ4n) is 3.66. The Kier molecular flexibility index (Phi) is 8.99. The van der Waals surface area contributed by atoms with E-state index in [2.05, 4.69) is 15.6 Å². The molecule has 0 fully saturated rings. The molecule has 2 aromatic carbocycles. The third-order valence-electron chi connectivity index (χ3n) is 5.51. The summed E-state index contributed by atoms with van der Waals surface area (Å²) < 4.78 is 22.3. The van der Waals surface area contributed by atoms with Crippen LogP contribution >= 0.6 is 11.8 Å². The maximum absolute atomic E-state index is 13.6. The van der Waals surface area contributed by atoms with Crippen molar-refractivity contribution in [3.63, 3.8) is 0 Å². The van der Waals surface area contributed by atoms with Gasteiger partial charge in [0, 0.05) is 32.9 Å². The van der Waals surface area contributed by atoms with Crippen LogP contribution in [0.15, 0.2) is 46.3 Å². The topological polar surface area (TPSA) is 130 Å². The lowest BCUT2D eigenvalue weighted by Crippen LogP contribution is -2.29. The van der Waals surface area contributed by atoms with Gasteiger partial charge in [-0.3, -0.25) is 19.0 Å². The van der Waals surface area contributed by atoms with E-state index in [1.807, 2.05) is 12.1 Å². The van der Waals surface area contributed by atoms with E-state index in [0.717, 1.165) is 17.3 Å². The molecule has 37 heavy (non-hydrogen) atoms. The van der Waals surface area contributed by atoms with Crippen molar-refractivity contribution in [3.8, 4) is 11.5 Å². The van der Waals surface area contributed by atoms with Gasteiger partial charge < -0.3 is 29.6 Å². The first-order chi connectivity index (χ1) is 18.0. The highest BCUT2D eigenvalue weighted by Crippen LogP contribution is 2.33. The van der Waals surface area contributed by atoms with Gasteiger partial charge in [-0.05, 0) is 35.9 Å². The molecular formula is C25H28N4O7S. The molecule has 0 unspecified atom stereocenters. The second-order valence-corrected chi connectivity index (χ2v) is 9.03. The van der Waals surface area contributed by atoms with Crippen molar-refractivity contribution >= 4 is 34.5 Å². The van der Waals surface area contributed by atoms with Gasteiger partial charge in [0.15, 0.2) is 16.7 Å². The van der Waals surface area contributed by atoms with Crippen LogP contribution < -0.4 is 25.7 Å². The van der Waals surface area contributed by atoms with E-state index in [0.29, 0.717) is 59.4 Å². The van der Waals surface area contributed by atoms with E-state index in [-0.39, 0.29) is 36.5 Å². The van der Waals surface area contributed by atoms with Crippen molar-refractivity contribution in [1.29, 1.82) is 0 Å². The number of benzene rings is 2. The summed E-state index contributed by atoms with van der Waals surface area (Å²) in [4.78, 5) is 43.0. The van der Waals surface area contributed by atoms with E-state index >= 15 is 0 Å². The summed E-state index contributed by atoms with van der Waals surface area (Å²) in [5, 5.41) is 6.23. The van der Waals surface area contributed by atoms with Crippen LogP contribution in [-0.4, -0.2) is 74.4 Å². The molecule has 2 heterocycles. The maximum atomic E-state index is 13.6. The summed E-state index contributed by atoms with van der Waals surface area (Å²) in [7, 11) is 3.11. The van der Waals surface area contributed by atoms with Crippen LogP contribution in [-0.2, 0) is 20.8 Å². The van der Waals surface area contributed by atoms with E-state index in [1.165, 1.54) is 4.57 Å². The summed E-state index contributed by atoms with van der Waals surface area (Å²) in [5.74, 6) is 0.802. The maximum Gasteiger partial charge on any atom is 0.262 e. The first-order valence-corrected chi connectivity index (χ1v) is 12.6. The molecule has 2 amide bonds. The Balaban J connectivity index is 1.65. The van der Waals surface area contributed by atoms with Crippen LogP contribution in [0.4, 0.5) is 0 Å². The zero-order valence-corrected chi connectivity index (χ0v) is 21.4. The number of fused-ring (bicyclic) bond motifs is 2. The number of hydrogen-bond donors (Lipinski definition) is 2. The van der Waals surface area contributed by atoms with Gasteiger partial charge in [-0.25, -0.2) is 4.98 Å². The van der Waals surface area contributed by atoms with Crippen LogP contribution in [0.25, 0.3) is 10.9 Å². The molecule has 0 atom stereocenters. The molecule has 196 valence electrons. The van der Waals surface area contributed by atoms with Gasteiger partial charge in [-0.15, -0.1) is 0 Å². The van der Waals surface area contributed by atoms with Gasteiger partial charge in [0.05, 0.1) is 36.4 Å². The third-order valence-corrected chi connectivity index (χ3v) is 6.49. The first-order valence-electron chi connectivity index (χ1n) is 11.6. The Morgan fingerprint density at radius 2 is 1.78 bits per heavy atom. The number of rotatable bonds is 12. The van der Waals surface area contributed by atoms with Crippen molar-refractivity contribution in [2.24, 2.45) is 0 Å². The molecule has 4 rings (SSSR count). The number of carbonyl (C=O) groups is 2. The second-order valence-electron chi connectivity index (χ2n) is 8.09. The van der Waals surface area contributed by atoms with Crippen LogP contribution in [0.5, 0.6) is 11.5 Å². The number of thioether (sulfide) groups is 1. The average molecular weight is 529 g/mol. The standard InChI is InChI=1S/C25H28N4O7S/c1-33-9-7-26-22(30)14-37-25-28-19-12-17(23(31)27-8-10-34-2)4-5-18(19)24(32)29(25)13-16-3-6-20-21(11-16)36-15-35-20/h3-6,11-12H,7-10,13-15H2,1-2H3,(H,26,30)(H,27,31). The Hall–Kier alpha value is -3.61. The molecule has 3 aromatic rings. The number of carbonyl (C=O) groups excluding carboxylic acids is 2. The summed E-state index contributed by atoms with van der Waals surface area (Å²) in [6, 6.07) is 10.2. The SMILES string of the molecule is COCCNC(=O)CSc1nc2cc(C(=O)NCCOC)ccc2c(=O)n1Cc1ccc2c(c1)OCO2. The van der Waals surface area contributed by atoms with Gasteiger partial charge in [0.25, 0.3) is 11.5 Å². The normalized spacial score (nSPS) is 12.1. The lowest BCUT2D eigenvalue weighted by atomic mass is 10.1. The molecule has 0 saturated heterocycles. The summed E-state index contributed by atoms with van der Waals surface area (Å²) >= 11 is 1.14. The smallest absolute Gasteiger partial charge is 0.262 e. The Morgan fingerprint density at radius 1 is 1.03 bits per heavy atom. The van der Waals surface area contributed by atoms with Gasteiger partial charge >= 0.3 is 0 Å². The molecule has 1 aliphatic heterocycles. The predicted octanol–water partition coefficient (Wildman–Crippen LogP) is 1.40. The van der Waals surface area contributed by atoms with E-state index < -0.39 is 0 Å². The minimum atomic E-state index is -0.294. The number of ether oxygens (including phenoxy) is 4. The quantitative estimate of drug-likeness (QED) is 0.204. The monoisotopic (exact) mass is 528 g/mol. The highest BCUT2D eigenvalue weighted by molar-refractivity contribution is 7.99. The number of aromatic nitrogens is 2. The zero-order valence-electron chi connectivity index (χ0n) is 20.6. The number of hydrogen-bond acceptors (Lipinski definition) is 9. The van der Waals surface area contributed by atoms with E-state index in [4.69, 9.17) is 18.9 Å². The lowest BCUT2D eigenvalue weighted by Gasteiger charge is -2.14. The summed E-state index contributed by atoms with van der Waals surface area (Å²) in [6.07, 6.45) is 0. The largest absolute Gasteiger partial charge is 0.454 e. The van der Waals surface area contributed by atoms with Crippen LogP contribution in [0.1, 0.15) is 15.9 Å². The molecule has 0 saturated carbocycles.